The maximum absolute atomic E-state index is 13.4. The smallest absolute Gasteiger partial charge is 0.178 e. The lowest BCUT2D eigenvalue weighted by molar-refractivity contribution is 0.484. The molecule has 0 saturated carbocycles. The van der Waals surface area contributed by atoms with Crippen LogP contribution in [0.3, 0.4) is 0 Å². The summed E-state index contributed by atoms with van der Waals surface area (Å²) in [4.78, 5) is -0.644. The van der Waals surface area contributed by atoms with Gasteiger partial charge in [-0.1, -0.05) is 18.2 Å². The molecular weight excluding hydrogens is 236 g/mol. The maximum Gasteiger partial charge on any atom is 0.178 e. The Morgan fingerprint density at radius 1 is 1.31 bits per heavy atom. The van der Waals surface area contributed by atoms with Gasteiger partial charge in [-0.15, -0.1) is 0 Å². The number of hydrogen-bond donors (Lipinski definition) is 1. The zero-order valence-corrected chi connectivity index (χ0v) is 9.39. The van der Waals surface area contributed by atoms with Gasteiger partial charge in [0.05, 0.1) is 0 Å². The Labute approximate surface area is 92.5 Å². The highest BCUT2D eigenvalue weighted by Gasteiger charge is 2.18. The van der Waals surface area contributed by atoms with Crippen molar-refractivity contribution >= 4 is 15.9 Å². The van der Waals surface area contributed by atoms with Crippen molar-refractivity contribution in [3.8, 4) is 0 Å². The van der Waals surface area contributed by atoms with Gasteiger partial charge in [-0.25, -0.2) is 17.2 Å². The third-order valence-corrected chi connectivity index (χ3v) is 3.02. The van der Waals surface area contributed by atoms with Gasteiger partial charge in [0.2, 0.25) is 0 Å². The molecule has 0 aliphatic rings. The van der Waals surface area contributed by atoms with Crippen molar-refractivity contribution in [2.24, 2.45) is 5.73 Å². The Morgan fingerprint density at radius 3 is 2.44 bits per heavy atom. The predicted molar refractivity (Wildman–Crippen MR) is 57.6 cm³/mol. The lowest BCUT2D eigenvalue weighted by Crippen LogP contribution is -2.04. The van der Waals surface area contributed by atoms with E-state index in [1.54, 1.807) is 0 Å². The molecule has 0 unspecified atom stereocenters. The second-order valence-corrected chi connectivity index (χ2v) is 5.18. The highest BCUT2D eigenvalue weighted by Crippen LogP contribution is 2.21. The summed E-state index contributed by atoms with van der Waals surface area (Å²) in [6, 6.07) is 2.23. The van der Waals surface area contributed by atoms with E-state index in [2.05, 4.69) is 0 Å². The summed E-state index contributed by atoms with van der Waals surface area (Å²) in [5, 5.41) is 0. The van der Waals surface area contributed by atoms with Crippen LogP contribution in [-0.4, -0.2) is 21.2 Å². The third kappa shape index (κ3) is 2.65. The Kier molecular flexibility index (Phi) is 3.77. The summed E-state index contributed by atoms with van der Waals surface area (Å²) < 4.78 is 48.9. The first-order chi connectivity index (χ1) is 7.38. The van der Waals surface area contributed by atoms with Crippen molar-refractivity contribution in [2.75, 3.05) is 12.8 Å². The van der Waals surface area contributed by atoms with Crippen LogP contribution in [0.15, 0.2) is 23.1 Å². The van der Waals surface area contributed by atoms with Crippen molar-refractivity contribution in [2.45, 2.75) is 4.90 Å². The van der Waals surface area contributed by atoms with Gasteiger partial charge in [-0.2, -0.15) is 0 Å². The molecule has 88 valence electrons. The van der Waals surface area contributed by atoms with Crippen LogP contribution in [0.4, 0.5) is 8.78 Å². The average molecular weight is 247 g/mol. The third-order valence-electron chi connectivity index (χ3n) is 1.91. The Bertz CT molecular complexity index is 524. The van der Waals surface area contributed by atoms with E-state index in [1.165, 1.54) is 18.2 Å². The van der Waals surface area contributed by atoms with Crippen LogP contribution in [0.1, 0.15) is 5.56 Å². The molecule has 0 saturated heterocycles. The van der Waals surface area contributed by atoms with Crippen LogP contribution in [0, 0.1) is 11.6 Å². The maximum atomic E-state index is 13.4. The molecule has 6 heteroatoms. The van der Waals surface area contributed by atoms with Gasteiger partial charge in [0.1, 0.15) is 4.90 Å². The zero-order valence-electron chi connectivity index (χ0n) is 8.57. The fourth-order valence-electron chi connectivity index (χ4n) is 1.16. The van der Waals surface area contributed by atoms with E-state index in [9.17, 15) is 17.2 Å². The lowest BCUT2D eigenvalue weighted by Gasteiger charge is -2.04. The summed E-state index contributed by atoms with van der Waals surface area (Å²) >= 11 is 0. The highest BCUT2D eigenvalue weighted by atomic mass is 32.2. The van der Waals surface area contributed by atoms with Gasteiger partial charge in [0.25, 0.3) is 0 Å². The van der Waals surface area contributed by atoms with Crippen LogP contribution < -0.4 is 5.73 Å². The van der Waals surface area contributed by atoms with Gasteiger partial charge in [-0.05, 0) is 6.07 Å². The molecule has 0 aliphatic carbocycles. The Morgan fingerprint density at radius 2 is 1.94 bits per heavy atom. The van der Waals surface area contributed by atoms with Gasteiger partial charge >= 0.3 is 0 Å². The highest BCUT2D eigenvalue weighted by molar-refractivity contribution is 7.90. The number of sulfone groups is 1. The molecule has 0 amide bonds. The molecule has 0 spiro atoms. The van der Waals surface area contributed by atoms with E-state index in [1.807, 2.05) is 0 Å². The minimum Gasteiger partial charge on any atom is -0.327 e. The topological polar surface area (TPSA) is 60.2 Å². The molecule has 0 aromatic heterocycles. The summed E-state index contributed by atoms with van der Waals surface area (Å²) in [5.41, 5.74) is 5.13. The second kappa shape index (κ2) is 4.71. The van der Waals surface area contributed by atoms with Crippen LogP contribution in [0.5, 0.6) is 0 Å². The van der Waals surface area contributed by atoms with Crippen molar-refractivity contribution in [3.05, 3.63) is 35.4 Å². The molecule has 1 rings (SSSR count). The first-order valence-corrected chi connectivity index (χ1v) is 6.31. The first-order valence-electron chi connectivity index (χ1n) is 4.42. The van der Waals surface area contributed by atoms with Crippen molar-refractivity contribution in [1.29, 1.82) is 0 Å². The van der Waals surface area contributed by atoms with Gasteiger partial charge in [0.15, 0.2) is 21.5 Å². The standard InChI is InChI=1S/C10H11F2NO2S/c1-16(14,15)8-5-4-7(3-2-6-13)9(11)10(8)12/h2-5H,6,13H2,1H3/b3-2+. The number of nitrogens with two attached hydrogens (primary N) is 1. The summed E-state index contributed by atoms with van der Waals surface area (Å²) in [5.74, 6) is -2.55. The van der Waals surface area contributed by atoms with Crippen LogP contribution in [0.25, 0.3) is 6.08 Å². The van der Waals surface area contributed by atoms with Crippen molar-refractivity contribution in [1.82, 2.24) is 0 Å². The van der Waals surface area contributed by atoms with Gasteiger partial charge in [0, 0.05) is 18.4 Å². The van der Waals surface area contributed by atoms with Gasteiger partial charge < -0.3 is 5.73 Å². The molecule has 0 atom stereocenters. The summed E-state index contributed by atoms with van der Waals surface area (Å²) in [7, 11) is -3.76. The number of benzene rings is 1. The average Bonchev–Trinajstić information content (AvgIpc) is 2.18. The fraction of sp³-hybridized carbons (Fsp3) is 0.200. The molecule has 0 radical (unpaired) electrons. The molecule has 0 bridgehead atoms. The largest absolute Gasteiger partial charge is 0.327 e. The predicted octanol–water partition coefficient (Wildman–Crippen LogP) is 1.34. The molecular formula is C10H11F2NO2S. The van der Waals surface area contributed by atoms with Crippen molar-refractivity contribution < 1.29 is 17.2 Å². The van der Waals surface area contributed by atoms with E-state index < -0.39 is 26.4 Å². The van der Waals surface area contributed by atoms with E-state index in [-0.39, 0.29) is 12.1 Å². The molecule has 2 N–H and O–H groups in total. The van der Waals surface area contributed by atoms with Crippen LogP contribution in [-0.2, 0) is 9.84 Å². The van der Waals surface area contributed by atoms with E-state index in [0.29, 0.717) is 0 Å². The number of rotatable bonds is 3. The quantitative estimate of drug-likeness (QED) is 0.876. The minimum absolute atomic E-state index is 0.0321. The Hall–Kier alpha value is -1.27. The van der Waals surface area contributed by atoms with E-state index in [0.717, 1.165) is 12.3 Å². The van der Waals surface area contributed by atoms with E-state index in [4.69, 9.17) is 5.73 Å². The molecule has 0 heterocycles. The molecule has 3 nitrogen and oxygen atoms in total. The Balaban J connectivity index is 3.35. The molecule has 0 aliphatic heterocycles. The van der Waals surface area contributed by atoms with Gasteiger partial charge in [-0.3, -0.25) is 0 Å². The fourth-order valence-corrected chi connectivity index (χ4v) is 1.89. The zero-order chi connectivity index (χ0) is 12.3. The van der Waals surface area contributed by atoms with Crippen LogP contribution in [0.2, 0.25) is 0 Å². The molecule has 0 fully saturated rings. The van der Waals surface area contributed by atoms with Crippen LogP contribution >= 0.6 is 0 Å². The number of halogens is 2. The lowest BCUT2D eigenvalue weighted by atomic mass is 10.2. The number of hydrogen-bond acceptors (Lipinski definition) is 3. The second-order valence-electron chi connectivity index (χ2n) is 3.19. The molecule has 1 aromatic rings. The SMILES string of the molecule is CS(=O)(=O)c1ccc(/C=C/CN)c(F)c1F. The first kappa shape index (κ1) is 12.8. The molecule has 1 aromatic carbocycles. The summed E-state index contributed by atoms with van der Waals surface area (Å²) in [6.07, 6.45) is 3.56. The minimum atomic E-state index is -3.76. The van der Waals surface area contributed by atoms with E-state index >= 15 is 0 Å². The normalized spacial score (nSPS) is 12.2. The molecule has 16 heavy (non-hydrogen) atoms. The summed E-state index contributed by atoms with van der Waals surface area (Å²) in [6.45, 7) is 0.189. The monoisotopic (exact) mass is 247 g/mol. The van der Waals surface area contributed by atoms with Crippen molar-refractivity contribution in [3.63, 3.8) is 0 Å².